The topological polar surface area (TPSA) is 60.0 Å². The summed E-state index contributed by atoms with van der Waals surface area (Å²) >= 11 is 0. The average Bonchev–Trinajstić information content (AvgIpc) is 2.04. The maximum atomic E-state index is 8.30. The van der Waals surface area contributed by atoms with Crippen LogP contribution in [0.4, 0.5) is 0 Å². The molecule has 0 radical (unpaired) electrons. The Morgan fingerprint density at radius 3 is 2.42 bits per heavy atom. The molecule has 0 rings (SSSR count). The predicted octanol–water partition coefficient (Wildman–Crippen LogP) is 0.496. The van der Waals surface area contributed by atoms with E-state index < -0.39 is 0 Å². The van der Waals surface area contributed by atoms with Crippen LogP contribution >= 0.6 is 0 Å². The molecule has 0 aromatic rings. The van der Waals surface area contributed by atoms with Crippen molar-refractivity contribution < 1.29 is 4.74 Å². The quantitative estimate of drug-likeness (QED) is 0.345. The molecule has 0 N–H and O–H groups in total. The van der Waals surface area contributed by atoms with Crippen molar-refractivity contribution in [3.05, 3.63) is 11.8 Å². The summed E-state index contributed by atoms with van der Waals surface area (Å²) in [5.41, 5.74) is -0.00578. The van der Waals surface area contributed by atoms with Gasteiger partial charge in [0.25, 0.3) is 0 Å². The van der Waals surface area contributed by atoms with E-state index in [1.807, 2.05) is 19.0 Å². The number of allylic oxidation sites excluding steroid dienone is 1. The molecule has 0 fully saturated rings. The average molecular weight is 165 g/mol. The molecule has 0 aromatic carbocycles. The van der Waals surface area contributed by atoms with Gasteiger partial charge in [0.15, 0.2) is 5.57 Å². The van der Waals surface area contributed by atoms with Gasteiger partial charge in [0.2, 0.25) is 0 Å². The van der Waals surface area contributed by atoms with E-state index in [4.69, 9.17) is 15.3 Å². The molecule has 0 saturated carbocycles. The maximum absolute atomic E-state index is 8.30. The standard InChI is InChI=1S/C8H11N3O/c1-11(2)3-4-12-7-8(5-9)6-10/h7H,3-4H2,1-2H3. The summed E-state index contributed by atoms with van der Waals surface area (Å²) in [6.07, 6.45) is 1.18. The van der Waals surface area contributed by atoms with Crippen molar-refractivity contribution in [1.29, 1.82) is 10.5 Å². The summed E-state index contributed by atoms with van der Waals surface area (Å²) in [6, 6.07) is 3.40. The third-order valence-corrected chi connectivity index (χ3v) is 1.10. The summed E-state index contributed by atoms with van der Waals surface area (Å²) in [7, 11) is 3.84. The maximum Gasteiger partial charge on any atom is 0.163 e. The molecular weight excluding hydrogens is 154 g/mol. The Morgan fingerprint density at radius 1 is 1.42 bits per heavy atom. The Hall–Kier alpha value is -1.52. The van der Waals surface area contributed by atoms with Crippen LogP contribution in [-0.4, -0.2) is 32.1 Å². The van der Waals surface area contributed by atoms with Gasteiger partial charge < -0.3 is 9.64 Å². The van der Waals surface area contributed by atoms with Crippen molar-refractivity contribution in [2.24, 2.45) is 0 Å². The zero-order valence-electron chi connectivity index (χ0n) is 7.24. The van der Waals surface area contributed by atoms with Crippen LogP contribution in [-0.2, 0) is 4.74 Å². The molecule has 0 saturated heterocycles. The molecule has 0 atom stereocenters. The van der Waals surface area contributed by atoms with Crippen LogP contribution in [0.5, 0.6) is 0 Å². The van der Waals surface area contributed by atoms with Crippen LogP contribution in [0.2, 0.25) is 0 Å². The van der Waals surface area contributed by atoms with Crippen LogP contribution in [0.3, 0.4) is 0 Å². The smallest absolute Gasteiger partial charge is 0.163 e. The van der Waals surface area contributed by atoms with Crippen molar-refractivity contribution in [2.45, 2.75) is 0 Å². The predicted molar refractivity (Wildman–Crippen MR) is 43.8 cm³/mol. The van der Waals surface area contributed by atoms with Crippen molar-refractivity contribution in [2.75, 3.05) is 27.2 Å². The van der Waals surface area contributed by atoms with E-state index in [2.05, 4.69) is 0 Å². The minimum atomic E-state index is -0.00578. The molecule has 0 bridgehead atoms. The summed E-state index contributed by atoms with van der Waals surface area (Å²) in [5.74, 6) is 0. The van der Waals surface area contributed by atoms with Gasteiger partial charge in [-0.05, 0) is 14.1 Å². The molecule has 0 aliphatic carbocycles. The van der Waals surface area contributed by atoms with Gasteiger partial charge in [-0.1, -0.05) is 0 Å². The van der Waals surface area contributed by atoms with Gasteiger partial charge in [-0.2, -0.15) is 10.5 Å². The van der Waals surface area contributed by atoms with E-state index in [1.54, 1.807) is 12.1 Å². The fraction of sp³-hybridized carbons (Fsp3) is 0.500. The fourth-order valence-corrected chi connectivity index (χ4v) is 0.455. The Labute approximate surface area is 72.3 Å². The Balaban J connectivity index is 3.62. The highest BCUT2D eigenvalue weighted by Crippen LogP contribution is 1.89. The third kappa shape index (κ3) is 5.28. The van der Waals surface area contributed by atoms with Gasteiger partial charge >= 0.3 is 0 Å². The first kappa shape index (κ1) is 10.5. The van der Waals surface area contributed by atoms with Gasteiger partial charge in [0.05, 0.1) is 0 Å². The van der Waals surface area contributed by atoms with Crippen molar-refractivity contribution >= 4 is 0 Å². The highest BCUT2D eigenvalue weighted by atomic mass is 16.5. The number of hydrogen-bond donors (Lipinski definition) is 0. The van der Waals surface area contributed by atoms with Crippen molar-refractivity contribution in [3.63, 3.8) is 0 Å². The lowest BCUT2D eigenvalue weighted by Crippen LogP contribution is -2.16. The number of nitriles is 2. The Kier molecular flexibility index (Phi) is 5.42. The molecule has 12 heavy (non-hydrogen) atoms. The van der Waals surface area contributed by atoms with E-state index in [1.165, 1.54) is 6.26 Å². The van der Waals surface area contributed by atoms with E-state index in [0.717, 1.165) is 6.54 Å². The number of ether oxygens (including phenoxy) is 1. The molecular formula is C8H11N3O. The summed E-state index contributed by atoms with van der Waals surface area (Å²) < 4.78 is 4.94. The molecule has 0 aliphatic rings. The summed E-state index contributed by atoms with van der Waals surface area (Å²) in [5, 5.41) is 16.6. The van der Waals surface area contributed by atoms with Crippen LogP contribution < -0.4 is 0 Å². The molecule has 0 spiro atoms. The first-order valence-electron chi connectivity index (χ1n) is 3.47. The Bertz CT molecular complexity index is 216. The number of hydrogen-bond acceptors (Lipinski definition) is 4. The first-order chi connectivity index (χ1) is 5.70. The third-order valence-electron chi connectivity index (χ3n) is 1.10. The van der Waals surface area contributed by atoms with Gasteiger partial charge in [0.1, 0.15) is 25.0 Å². The normalized spacial score (nSPS) is 8.42. The van der Waals surface area contributed by atoms with E-state index in [0.29, 0.717) is 6.61 Å². The largest absolute Gasteiger partial charge is 0.498 e. The monoisotopic (exact) mass is 165 g/mol. The van der Waals surface area contributed by atoms with Gasteiger partial charge in [-0.3, -0.25) is 0 Å². The molecule has 0 unspecified atom stereocenters. The van der Waals surface area contributed by atoms with E-state index in [-0.39, 0.29) is 5.57 Å². The minimum absolute atomic E-state index is 0.00578. The van der Waals surface area contributed by atoms with Gasteiger partial charge in [-0.15, -0.1) is 0 Å². The molecule has 4 nitrogen and oxygen atoms in total. The second-order valence-corrected chi connectivity index (χ2v) is 2.43. The molecule has 0 heterocycles. The summed E-state index contributed by atoms with van der Waals surface area (Å²) in [6.45, 7) is 1.25. The van der Waals surface area contributed by atoms with Crippen LogP contribution in [0.15, 0.2) is 11.8 Å². The molecule has 0 aromatic heterocycles. The van der Waals surface area contributed by atoms with Crippen LogP contribution in [0, 0.1) is 22.7 Å². The molecule has 64 valence electrons. The second kappa shape index (κ2) is 6.21. The molecule has 0 amide bonds. The lowest BCUT2D eigenvalue weighted by molar-refractivity contribution is 0.211. The number of likely N-dealkylation sites (N-methyl/N-ethyl adjacent to an activating group) is 1. The SMILES string of the molecule is CN(C)CCOC=C(C#N)C#N. The molecule has 4 heteroatoms. The summed E-state index contributed by atoms with van der Waals surface area (Å²) in [4.78, 5) is 1.95. The van der Waals surface area contributed by atoms with Crippen molar-refractivity contribution in [3.8, 4) is 12.1 Å². The highest BCUT2D eigenvalue weighted by molar-refractivity contribution is 5.33. The van der Waals surface area contributed by atoms with Gasteiger partial charge in [-0.25, -0.2) is 0 Å². The fourth-order valence-electron chi connectivity index (χ4n) is 0.455. The zero-order chi connectivity index (χ0) is 9.40. The Morgan fingerprint density at radius 2 is 2.00 bits per heavy atom. The lowest BCUT2D eigenvalue weighted by Gasteiger charge is -2.07. The van der Waals surface area contributed by atoms with Crippen LogP contribution in [0.25, 0.3) is 0 Å². The highest BCUT2D eigenvalue weighted by Gasteiger charge is 1.91. The lowest BCUT2D eigenvalue weighted by atomic mass is 10.4. The number of rotatable bonds is 4. The minimum Gasteiger partial charge on any atom is -0.498 e. The van der Waals surface area contributed by atoms with Crippen molar-refractivity contribution in [1.82, 2.24) is 4.90 Å². The van der Waals surface area contributed by atoms with Gasteiger partial charge in [0, 0.05) is 6.54 Å². The molecule has 0 aliphatic heterocycles. The second-order valence-electron chi connectivity index (χ2n) is 2.43. The first-order valence-corrected chi connectivity index (χ1v) is 3.47. The zero-order valence-corrected chi connectivity index (χ0v) is 7.24. The van der Waals surface area contributed by atoms with E-state index >= 15 is 0 Å². The number of nitrogens with zero attached hydrogens (tertiary/aromatic N) is 3. The van der Waals surface area contributed by atoms with E-state index in [9.17, 15) is 0 Å². The van der Waals surface area contributed by atoms with Crippen LogP contribution in [0.1, 0.15) is 0 Å².